The maximum Gasteiger partial charge on any atom is 0.410 e. The van der Waals surface area contributed by atoms with Crippen LogP contribution in [0.1, 0.15) is 40.2 Å². The number of fused-ring (bicyclic) bond motifs is 1. The monoisotopic (exact) mass is 607 g/mol. The Kier molecular flexibility index (Phi) is 8.40. The van der Waals surface area contributed by atoms with Crippen LogP contribution in [0.4, 0.5) is 28.1 Å². The number of carbonyl (C=O) groups excluding carboxylic acids is 1. The van der Waals surface area contributed by atoms with E-state index in [0.717, 1.165) is 11.1 Å². The molecule has 0 spiro atoms. The van der Waals surface area contributed by atoms with E-state index < -0.39 is 15.6 Å². The summed E-state index contributed by atoms with van der Waals surface area (Å²) < 4.78 is 34.3. The Labute approximate surface area is 251 Å². The minimum Gasteiger partial charge on any atom is -0.444 e. The molecule has 1 atom stereocenters. The van der Waals surface area contributed by atoms with E-state index in [1.165, 1.54) is 0 Å². The smallest absolute Gasteiger partial charge is 0.410 e. The maximum atomic E-state index is 12.6. The third-order valence-electron chi connectivity index (χ3n) is 6.97. The highest BCUT2D eigenvalue weighted by molar-refractivity contribution is 7.92. The van der Waals surface area contributed by atoms with Gasteiger partial charge in [0.15, 0.2) is 0 Å². The van der Waals surface area contributed by atoms with E-state index in [0.29, 0.717) is 55.0 Å². The number of pyridine rings is 2. The first-order chi connectivity index (χ1) is 20.4. The van der Waals surface area contributed by atoms with Gasteiger partial charge in [0.05, 0.1) is 24.2 Å². The molecule has 0 radical (unpaired) electrons. The second-order valence-corrected chi connectivity index (χ2v) is 13.4. The Morgan fingerprint density at radius 2 is 1.91 bits per heavy atom. The van der Waals surface area contributed by atoms with Gasteiger partial charge in [-0.15, -0.1) is 0 Å². The average Bonchev–Trinajstić information content (AvgIpc) is 3.35. The molecule has 0 bridgehead atoms. The fourth-order valence-electron chi connectivity index (χ4n) is 4.77. The van der Waals surface area contributed by atoms with Gasteiger partial charge in [-0.3, -0.25) is 4.72 Å². The predicted octanol–water partition coefficient (Wildman–Crippen LogP) is 4.22. The molecule has 5 rings (SSSR count). The van der Waals surface area contributed by atoms with Crippen molar-refractivity contribution in [1.29, 1.82) is 0 Å². The van der Waals surface area contributed by atoms with Crippen molar-refractivity contribution in [3.8, 4) is 0 Å². The zero-order valence-corrected chi connectivity index (χ0v) is 25.8. The molecule has 13 nitrogen and oxygen atoms in total. The number of ether oxygens (including phenoxy) is 1. The molecule has 1 aliphatic rings. The fraction of sp³-hybridized carbons (Fsp3) is 0.414. The number of sulfonamides is 1. The molecular formula is C29H37N9O4S. The van der Waals surface area contributed by atoms with Gasteiger partial charge >= 0.3 is 6.09 Å². The molecule has 4 aromatic heterocycles. The van der Waals surface area contributed by atoms with Crippen molar-refractivity contribution in [2.45, 2.75) is 52.8 Å². The number of nitrogens with one attached hydrogen (secondary N) is 2. The number of amides is 1. The van der Waals surface area contributed by atoms with Crippen molar-refractivity contribution in [1.82, 2.24) is 29.4 Å². The van der Waals surface area contributed by atoms with Gasteiger partial charge in [0, 0.05) is 55.2 Å². The Morgan fingerprint density at radius 3 is 2.60 bits per heavy atom. The first kappa shape index (κ1) is 30.0. The SMILES string of the molecule is CCS(=O)(=O)Nc1ncccc1Cn1ccc2cnc(Nc3ccc(N4CCN(C(=O)OC(C)(C)C)C(C)C4)cn3)nc21. The number of anilines is 4. The van der Waals surface area contributed by atoms with Crippen LogP contribution in [0.15, 0.2) is 55.1 Å². The van der Waals surface area contributed by atoms with Crippen LogP contribution in [-0.4, -0.2) is 80.9 Å². The predicted molar refractivity (Wildman–Crippen MR) is 166 cm³/mol. The zero-order chi connectivity index (χ0) is 30.8. The Balaban J connectivity index is 1.26. The van der Waals surface area contributed by atoms with Gasteiger partial charge in [-0.25, -0.2) is 28.2 Å². The molecule has 1 aliphatic heterocycles. The highest BCUT2D eigenvalue weighted by Gasteiger charge is 2.31. The number of hydrogen-bond acceptors (Lipinski definition) is 10. The van der Waals surface area contributed by atoms with Gasteiger partial charge in [0.25, 0.3) is 0 Å². The molecule has 1 saturated heterocycles. The van der Waals surface area contributed by atoms with Crippen molar-refractivity contribution >= 4 is 50.4 Å². The zero-order valence-electron chi connectivity index (χ0n) is 25.0. The molecule has 5 heterocycles. The molecule has 14 heteroatoms. The minimum atomic E-state index is -3.47. The van der Waals surface area contributed by atoms with Gasteiger partial charge in [-0.2, -0.15) is 4.98 Å². The molecule has 0 aliphatic carbocycles. The third-order valence-corrected chi connectivity index (χ3v) is 8.24. The van der Waals surface area contributed by atoms with Crippen LogP contribution in [0.25, 0.3) is 11.0 Å². The summed E-state index contributed by atoms with van der Waals surface area (Å²) >= 11 is 0. The van der Waals surface area contributed by atoms with Gasteiger partial charge in [0.2, 0.25) is 16.0 Å². The number of aromatic nitrogens is 5. The van der Waals surface area contributed by atoms with Crippen molar-refractivity contribution in [3.63, 3.8) is 0 Å². The van der Waals surface area contributed by atoms with Gasteiger partial charge in [-0.1, -0.05) is 6.07 Å². The number of hydrogen-bond donors (Lipinski definition) is 2. The van der Waals surface area contributed by atoms with E-state index >= 15 is 0 Å². The summed E-state index contributed by atoms with van der Waals surface area (Å²) in [5, 5.41) is 4.01. The molecule has 2 N–H and O–H groups in total. The van der Waals surface area contributed by atoms with E-state index in [1.54, 1.807) is 36.5 Å². The molecule has 1 unspecified atom stereocenters. The molecule has 43 heavy (non-hydrogen) atoms. The normalized spacial score (nSPS) is 15.9. The summed E-state index contributed by atoms with van der Waals surface area (Å²) in [5.74, 6) is 1.22. The first-order valence-electron chi connectivity index (χ1n) is 14.1. The topological polar surface area (TPSA) is 147 Å². The summed E-state index contributed by atoms with van der Waals surface area (Å²) in [4.78, 5) is 34.5. The second kappa shape index (κ2) is 12.0. The molecule has 0 saturated carbocycles. The molecule has 1 amide bonds. The van der Waals surface area contributed by atoms with E-state index in [4.69, 9.17) is 9.72 Å². The largest absolute Gasteiger partial charge is 0.444 e. The van der Waals surface area contributed by atoms with Crippen LogP contribution in [0.5, 0.6) is 0 Å². The summed E-state index contributed by atoms with van der Waals surface area (Å²) in [6.07, 6.45) is 6.66. The minimum absolute atomic E-state index is 0.00709. The summed E-state index contributed by atoms with van der Waals surface area (Å²) in [6, 6.07) is 9.34. The van der Waals surface area contributed by atoms with E-state index in [1.807, 2.05) is 62.7 Å². The third kappa shape index (κ3) is 7.31. The highest BCUT2D eigenvalue weighted by atomic mass is 32.2. The number of rotatable bonds is 8. The lowest BCUT2D eigenvalue weighted by atomic mass is 10.1. The fourth-order valence-corrected chi connectivity index (χ4v) is 5.39. The van der Waals surface area contributed by atoms with Gasteiger partial charge in [0.1, 0.15) is 22.9 Å². The van der Waals surface area contributed by atoms with Crippen molar-refractivity contribution in [3.05, 3.63) is 60.7 Å². The summed E-state index contributed by atoms with van der Waals surface area (Å²) in [6.45, 7) is 11.5. The lowest BCUT2D eigenvalue weighted by Gasteiger charge is -2.41. The van der Waals surface area contributed by atoms with E-state index in [-0.39, 0.29) is 17.9 Å². The van der Waals surface area contributed by atoms with Gasteiger partial charge in [-0.05, 0) is 58.9 Å². The van der Waals surface area contributed by atoms with Crippen LogP contribution in [0.2, 0.25) is 0 Å². The average molecular weight is 608 g/mol. The molecular weight excluding hydrogens is 570 g/mol. The van der Waals surface area contributed by atoms with E-state index in [9.17, 15) is 13.2 Å². The Bertz CT molecular complexity index is 1700. The molecule has 228 valence electrons. The Morgan fingerprint density at radius 1 is 1.09 bits per heavy atom. The van der Waals surface area contributed by atoms with Crippen LogP contribution in [0, 0.1) is 0 Å². The van der Waals surface area contributed by atoms with Gasteiger partial charge < -0.3 is 24.4 Å². The van der Waals surface area contributed by atoms with Crippen molar-refractivity contribution in [2.24, 2.45) is 0 Å². The van der Waals surface area contributed by atoms with Crippen LogP contribution in [0.3, 0.4) is 0 Å². The van der Waals surface area contributed by atoms with Crippen LogP contribution >= 0.6 is 0 Å². The lowest BCUT2D eigenvalue weighted by molar-refractivity contribution is 0.0159. The van der Waals surface area contributed by atoms with Crippen LogP contribution in [-0.2, 0) is 21.3 Å². The number of nitrogens with zero attached hydrogens (tertiary/aromatic N) is 7. The summed E-state index contributed by atoms with van der Waals surface area (Å²) in [5.41, 5.74) is 1.82. The standard InChI is InChI=1S/C29H37N9O4S/c1-6-43(40,41)35-25-22(8-7-12-30-25)19-37-13-11-21-16-32-27(34-26(21)37)33-24-10-9-23(17-31-24)36-14-15-38(20(2)18-36)28(39)42-29(3,4)5/h7-13,16-17,20H,6,14-15,18-19H2,1-5H3,(H,30,35)(H,31,32,33,34). The summed E-state index contributed by atoms with van der Waals surface area (Å²) in [7, 11) is -3.47. The molecule has 0 aromatic carbocycles. The number of piperazine rings is 1. The second-order valence-electron chi connectivity index (χ2n) is 11.4. The molecule has 1 fully saturated rings. The number of carbonyl (C=O) groups is 1. The van der Waals surface area contributed by atoms with Crippen molar-refractivity contribution < 1.29 is 17.9 Å². The maximum absolute atomic E-state index is 12.6. The lowest BCUT2D eigenvalue weighted by Crippen LogP contribution is -2.55. The van der Waals surface area contributed by atoms with Crippen molar-refractivity contribution in [2.75, 3.05) is 40.3 Å². The quantitative estimate of drug-likeness (QED) is 0.298. The van der Waals surface area contributed by atoms with E-state index in [2.05, 4.69) is 29.9 Å². The van der Waals surface area contributed by atoms with Crippen LogP contribution < -0.4 is 14.9 Å². The molecule has 4 aromatic rings. The first-order valence-corrected chi connectivity index (χ1v) is 15.8. The Hall–Kier alpha value is -4.46. The highest BCUT2D eigenvalue weighted by Crippen LogP contribution is 2.24.